The summed E-state index contributed by atoms with van der Waals surface area (Å²) in [6.45, 7) is 5.10. The van der Waals surface area contributed by atoms with Crippen LogP contribution in [0.2, 0.25) is 0 Å². The molecule has 18 heavy (non-hydrogen) atoms. The summed E-state index contributed by atoms with van der Waals surface area (Å²) in [5, 5.41) is 14.0. The van der Waals surface area contributed by atoms with E-state index in [0.717, 1.165) is 5.69 Å². The normalized spacial score (nSPS) is 11.6. The van der Waals surface area contributed by atoms with E-state index >= 15 is 0 Å². The molecule has 0 radical (unpaired) electrons. The Bertz CT molecular complexity index is 456. The fourth-order valence-electron chi connectivity index (χ4n) is 1.19. The Balaban J connectivity index is 2.70. The largest absolute Gasteiger partial charge is 0.480 e. The SMILES string of the molecule is CC(=O)Nc1nc(CN(C)C(C)(C)C(=O)O)cs1. The molecule has 0 saturated carbocycles. The van der Waals surface area contributed by atoms with E-state index in [2.05, 4.69) is 10.3 Å². The van der Waals surface area contributed by atoms with Crippen molar-refractivity contribution >= 4 is 28.3 Å². The first-order valence-electron chi connectivity index (χ1n) is 5.40. The van der Waals surface area contributed by atoms with Crippen molar-refractivity contribution in [3.63, 3.8) is 0 Å². The number of aromatic nitrogens is 1. The van der Waals surface area contributed by atoms with Crippen molar-refractivity contribution in [3.05, 3.63) is 11.1 Å². The fourth-order valence-corrected chi connectivity index (χ4v) is 1.94. The van der Waals surface area contributed by atoms with Crippen LogP contribution in [-0.4, -0.2) is 39.5 Å². The first-order valence-corrected chi connectivity index (χ1v) is 6.28. The number of carboxylic acid groups (broad SMARTS) is 1. The topological polar surface area (TPSA) is 82.5 Å². The summed E-state index contributed by atoms with van der Waals surface area (Å²) < 4.78 is 0. The third-order valence-electron chi connectivity index (χ3n) is 2.71. The van der Waals surface area contributed by atoms with Gasteiger partial charge in [0.25, 0.3) is 0 Å². The predicted molar refractivity (Wildman–Crippen MR) is 69.6 cm³/mol. The lowest BCUT2D eigenvalue weighted by Crippen LogP contribution is -2.47. The Hall–Kier alpha value is -1.47. The van der Waals surface area contributed by atoms with Gasteiger partial charge in [-0.3, -0.25) is 14.5 Å². The standard InChI is InChI=1S/C11H17N3O3S/c1-7(15)12-10-13-8(6-18-10)5-14(4)11(2,3)9(16)17/h6H,5H2,1-4H3,(H,16,17)(H,12,13,15). The number of nitrogens with zero attached hydrogens (tertiary/aromatic N) is 2. The van der Waals surface area contributed by atoms with Gasteiger partial charge in [0.2, 0.25) is 5.91 Å². The number of aliphatic carboxylic acids is 1. The molecule has 1 rings (SSSR count). The van der Waals surface area contributed by atoms with Crippen LogP contribution < -0.4 is 5.32 Å². The predicted octanol–water partition coefficient (Wildman–Crippen LogP) is 1.40. The molecule has 0 aliphatic heterocycles. The highest BCUT2D eigenvalue weighted by Crippen LogP contribution is 2.20. The van der Waals surface area contributed by atoms with Crippen LogP contribution in [0.4, 0.5) is 5.13 Å². The summed E-state index contributed by atoms with van der Waals surface area (Å²) in [5.41, 5.74) is -0.224. The van der Waals surface area contributed by atoms with Crippen molar-refractivity contribution < 1.29 is 14.7 Å². The van der Waals surface area contributed by atoms with Crippen LogP contribution in [0, 0.1) is 0 Å². The minimum absolute atomic E-state index is 0.171. The maximum Gasteiger partial charge on any atom is 0.323 e. The molecule has 0 aromatic carbocycles. The molecule has 2 N–H and O–H groups in total. The summed E-state index contributed by atoms with van der Waals surface area (Å²) in [6.07, 6.45) is 0. The van der Waals surface area contributed by atoms with E-state index in [1.165, 1.54) is 18.3 Å². The fraction of sp³-hybridized carbons (Fsp3) is 0.545. The zero-order chi connectivity index (χ0) is 13.9. The van der Waals surface area contributed by atoms with Gasteiger partial charge in [-0.05, 0) is 20.9 Å². The molecule has 0 spiro atoms. The van der Waals surface area contributed by atoms with Gasteiger partial charge in [-0.25, -0.2) is 4.98 Å². The quantitative estimate of drug-likeness (QED) is 0.845. The van der Waals surface area contributed by atoms with Crippen LogP contribution in [0.25, 0.3) is 0 Å². The monoisotopic (exact) mass is 271 g/mol. The molecule has 0 saturated heterocycles. The van der Waals surface area contributed by atoms with Gasteiger partial charge in [0.1, 0.15) is 5.54 Å². The number of rotatable bonds is 5. The zero-order valence-electron chi connectivity index (χ0n) is 10.9. The van der Waals surface area contributed by atoms with Crippen molar-refractivity contribution in [2.24, 2.45) is 0 Å². The molecule has 0 fully saturated rings. The minimum atomic E-state index is -0.961. The first kappa shape index (κ1) is 14.6. The average Bonchev–Trinajstić information content (AvgIpc) is 2.64. The Morgan fingerprint density at radius 3 is 2.67 bits per heavy atom. The molecule has 0 bridgehead atoms. The van der Waals surface area contributed by atoms with E-state index in [9.17, 15) is 9.59 Å². The lowest BCUT2D eigenvalue weighted by atomic mass is 10.0. The number of carbonyl (C=O) groups excluding carboxylic acids is 1. The highest BCUT2D eigenvalue weighted by molar-refractivity contribution is 7.13. The van der Waals surface area contributed by atoms with Crippen molar-refractivity contribution in [2.45, 2.75) is 32.9 Å². The van der Waals surface area contributed by atoms with Gasteiger partial charge >= 0.3 is 5.97 Å². The number of nitrogens with one attached hydrogen (secondary N) is 1. The maximum absolute atomic E-state index is 11.1. The lowest BCUT2D eigenvalue weighted by Gasteiger charge is -2.30. The number of hydrogen-bond acceptors (Lipinski definition) is 5. The molecule has 0 atom stereocenters. The number of carbonyl (C=O) groups is 2. The highest BCUT2D eigenvalue weighted by Gasteiger charge is 2.32. The van der Waals surface area contributed by atoms with E-state index < -0.39 is 11.5 Å². The zero-order valence-corrected chi connectivity index (χ0v) is 11.7. The number of thiazole rings is 1. The highest BCUT2D eigenvalue weighted by atomic mass is 32.1. The summed E-state index contributed by atoms with van der Waals surface area (Å²) >= 11 is 1.32. The van der Waals surface area contributed by atoms with Crippen molar-refractivity contribution in [3.8, 4) is 0 Å². The number of likely N-dealkylation sites (N-methyl/N-ethyl adjacent to an activating group) is 1. The molecule has 100 valence electrons. The van der Waals surface area contributed by atoms with Crippen LogP contribution in [0.5, 0.6) is 0 Å². The second kappa shape index (κ2) is 5.45. The molecule has 0 aliphatic carbocycles. The van der Waals surface area contributed by atoms with Crippen LogP contribution in [-0.2, 0) is 16.1 Å². The van der Waals surface area contributed by atoms with E-state index in [1.807, 2.05) is 0 Å². The average molecular weight is 271 g/mol. The summed E-state index contributed by atoms with van der Waals surface area (Å²) in [6, 6.07) is 0. The van der Waals surface area contributed by atoms with Crippen LogP contribution in [0.1, 0.15) is 26.5 Å². The van der Waals surface area contributed by atoms with E-state index in [1.54, 1.807) is 31.2 Å². The smallest absolute Gasteiger partial charge is 0.323 e. The van der Waals surface area contributed by atoms with Gasteiger partial charge in [-0.15, -0.1) is 11.3 Å². The third-order valence-corrected chi connectivity index (χ3v) is 3.52. The minimum Gasteiger partial charge on any atom is -0.480 e. The molecule has 1 amide bonds. The molecule has 7 heteroatoms. The molecule has 6 nitrogen and oxygen atoms in total. The number of carboxylic acids is 1. The molecule has 1 heterocycles. The summed E-state index contributed by atoms with van der Waals surface area (Å²) in [4.78, 5) is 27.9. The molecule has 0 aliphatic rings. The number of hydrogen-bond donors (Lipinski definition) is 2. The Kier molecular flexibility index (Phi) is 4.42. The first-order chi connectivity index (χ1) is 8.23. The molecular formula is C11H17N3O3S. The maximum atomic E-state index is 11.1. The third kappa shape index (κ3) is 3.51. The Morgan fingerprint density at radius 2 is 2.17 bits per heavy atom. The second-order valence-corrected chi connectivity index (χ2v) is 5.40. The number of amides is 1. The van der Waals surface area contributed by atoms with Gasteiger partial charge in [-0.1, -0.05) is 0 Å². The lowest BCUT2D eigenvalue weighted by molar-refractivity contribution is -0.148. The van der Waals surface area contributed by atoms with Gasteiger partial charge in [-0.2, -0.15) is 0 Å². The Morgan fingerprint density at radius 1 is 1.56 bits per heavy atom. The van der Waals surface area contributed by atoms with Crippen molar-refractivity contribution in [1.82, 2.24) is 9.88 Å². The van der Waals surface area contributed by atoms with Gasteiger partial charge in [0.05, 0.1) is 5.69 Å². The van der Waals surface area contributed by atoms with Crippen molar-refractivity contribution in [2.75, 3.05) is 12.4 Å². The summed E-state index contributed by atoms with van der Waals surface area (Å²) in [5.74, 6) is -1.06. The van der Waals surface area contributed by atoms with E-state index in [4.69, 9.17) is 5.11 Å². The van der Waals surface area contributed by atoms with Crippen LogP contribution in [0.15, 0.2) is 5.38 Å². The van der Waals surface area contributed by atoms with Gasteiger partial charge in [0, 0.05) is 18.8 Å². The van der Waals surface area contributed by atoms with Crippen LogP contribution in [0.3, 0.4) is 0 Å². The number of anilines is 1. The van der Waals surface area contributed by atoms with E-state index in [-0.39, 0.29) is 5.91 Å². The molecule has 0 unspecified atom stereocenters. The van der Waals surface area contributed by atoms with Crippen molar-refractivity contribution in [1.29, 1.82) is 0 Å². The second-order valence-electron chi connectivity index (χ2n) is 4.55. The summed E-state index contributed by atoms with van der Waals surface area (Å²) in [7, 11) is 1.73. The van der Waals surface area contributed by atoms with Crippen LogP contribution >= 0.6 is 11.3 Å². The molecule has 1 aromatic heterocycles. The van der Waals surface area contributed by atoms with Gasteiger partial charge < -0.3 is 10.4 Å². The molecule has 1 aromatic rings. The molecular weight excluding hydrogens is 254 g/mol. The van der Waals surface area contributed by atoms with Gasteiger partial charge in [0.15, 0.2) is 5.13 Å². The van der Waals surface area contributed by atoms with E-state index in [0.29, 0.717) is 11.7 Å². The Labute approximate surface area is 110 Å².